The molecule has 44 heavy (non-hydrogen) atoms. The van der Waals surface area contributed by atoms with Crippen LogP contribution >= 0.6 is 0 Å². The zero-order valence-electron chi connectivity index (χ0n) is 24.5. The number of oxazole rings is 1. The summed E-state index contributed by atoms with van der Waals surface area (Å²) in [5.74, 6) is 0.640. The van der Waals surface area contributed by atoms with Gasteiger partial charge in [-0.2, -0.15) is 0 Å². The molecule has 8 aromatic rings. The Morgan fingerprint density at radius 2 is 1.30 bits per heavy atom. The summed E-state index contributed by atoms with van der Waals surface area (Å²) in [7, 11) is 0. The van der Waals surface area contributed by atoms with Gasteiger partial charge in [0, 0.05) is 39.9 Å². The van der Waals surface area contributed by atoms with Crippen molar-refractivity contribution in [1.29, 1.82) is 0 Å². The average Bonchev–Trinajstić information content (AvgIpc) is 3.65. The molecule has 1 aliphatic rings. The highest BCUT2D eigenvalue weighted by atomic mass is 16.3. The van der Waals surface area contributed by atoms with Crippen molar-refractivity contribution in [2.45, 2.75) is 19.3 Å². The van der Waals surface area contributed by atoms with Gasteiger partial charge in [0.25, 0.3) is 0 Å². The second-order valence-electron chi connectivity index (χ2n) is 12.2. The Morgan fingerprint density at radius 1 is 0.614 bits per heavy atom. The Kier molecular flexibility index (Phi) is 5.21. The molecule has 1 N–H and O–H groups in total. The molecule has 0 amide bonds. The summed E-state index contributed by atoms with van der Waals surface area (Å²) in [6.07, 6.45) is 0. The summed E-state index contributed by atoms with van der Waals surface area (Å²) in [4.78, 5) is 10.8. The van der Waals surface area contributed by atoms with E-state index in [9.17, 15) is 0 Å². The topological polar surface area (TPSA) is 45.1 Å². The maximum Gasteiger partial charge on any atom is 0.227 e. The molecule has 0 aliphatic carbocycles. The van der Waals surface area contributed by atoms with E-state index in [-0.39, 0.29) is 6.84 Å². The van der Waals surface area contributed by atoms with Gasteiger partial charge < -0.3 is 14.3 Å². The van der Waals surface area contributed by atoms with E-state index in [0.717, 1.165) is 33.1 Å². The van der Waals surface area contributed by atoms with Gasteiger partial charge in [-0.05, 0) is 89.0 Å². The van der Waals surface area contributed by atoms with Gasteiger partial charge in [0.15, 0.2) is 5.58 Å². The number of anilines is 3. The summed E-state index contributed by atoms with van der Waals surface area (Å²) < 4.78 is 6.23. The lowest BCUT2D eigenvalue weighted by Crippen LogP contribution is -2.30. The van der Waals surface area contributed by atoms with Crippen LogP contribution in [0.4, 0.5) is 17.1 Å². The van der Waals surface area contributed by atoms with Crippen molar-refractivity contribution in [3.8, 4) is 22.6 Å². The van der Waals surface area contributed by atoms with E-state index in [4.69, 9.17) is 9.40 Å². The minimum atomic E-state index is -0.160. The van der Waals surface area contributed by atoms with Crippen LogP contribution in [-0.2, 0) is 5.41 Å². The number of nitrogens with one attached hydrogen (secondary N) is 1. The Bertz CT molecular complexity index is 2370. The van der Waals surface area contributed by atoms with Gasteiger partial charge in [0.2, 0.25) is 5.89 Å². The first-order valence-corrected chi connectivity index (χ1v) is 15.1. The van der Waals surface area contributed by atoms with Crippen LogP contribution in [0.15, 0.2) is 138 Å². The molecule has 0 atom stereocenters. The molecule has 0 saturated carbocycles. The number of nitrogens with zero attached hydrogens (tertiary/aromatic N) is 2. The van der Waals surface area contributed by atoms with E-state index in [2.05, 4.69) is 127 Å². The van der Waals surface area contributed by atoms with Crippen molar-refractivity contribution < 1.29 is 5.84 Å². The van der Waals surface area contributed by atoms with Gasteiger partial charge in [-0.1, -0.05) is 80.6 Å². The van der Waals surface area contributed by atoms with Crippen LogP contribution in [-0.4, -0.2) is 9.97 Å². The van der Waals surface area contributed by atoms with Crippen molar-refractivity contribution in [3.63, 3.8) is 0 Å². The lowest BCUT2D eigenvalue weighted by atomic mass is 9.73. The largest absolute Gasteiger partial charge is 0.436 e. The number of para-hydroxylation sites is 2. The molecule has 212 valence electrons. The standard InChI is InChI=1S/C40H29N3O.H2/c1-40(2)31-15-9-10-16-36(31)43(28-13-7-4-8-14-28)37-20-18-27(22-32(37)40)26-17-19-33-29(21-26)30-23-38-35(24-34(30)41-33)42-39(44-38)25-11-5-3-6-12-25;/h3-24,41H,1-2H3;1H. The van der Waals surface area contributed by atoms with Crippen molar-refractivity contribution in [3.05, 3.63) is 145 Å². The summed E-state index contributed by atoms with van der Waals surface area (Å²) in [5.41, 5.74) is 13.3. The van der Waals surface area contributed by atoms with Gasteiger partial charge in [0.05, 0.1) is 11.4 Å². The summed E-state index contributed by atoms with van der Waals surface area (Å²) in [6.45, 7) is 4.68. The number of H-pyrrole nitrogens is 1. The lowest BCUT2D eigenvalue weighted by molar-refractivity contribution is 0.620. The highest BCUT2D eigenvalue weighted by Gasteiger charge is 2.36. The molecule has 4 heteroatoms. The molecule has 4 nitrogen and oxygen atoms in total. The van der Waals surface area contributed by atoms with E-state index in [1.54, 1.807) is 0 Å². The predicted molar refractivity (Wildman–Crippen MR) is 183 cm³/mol. The molecule has 6 aromatic carbocycles. The van der Waals surface area contributed by atoms with Gasteiger partial charge in [0.1, 0.15) is 5.52 Å². The van der Waals surface area contributed by atoms with Crippen LogP contribution in [0.1, 0.15) is 26.4 Å². The van der Waals surface area contributed by atoms with Crippen LogP contribution in [0, 0.1) is 0 Å². The smallest absolute Gasteiger partial charge is 0.227 e. The van der Waals surface area contributed by atoms with E-state index < -0.39 is 0 Å². The molecule has 1 aliphatic heterocycles. The predicted octanol–water partition coefficient (Wildman–Crippen LogP) is 11.2. The summed E-state index contributed by atoms with van der Waals surface area (Å²) in [6, 6.07) is 47.4. The van der Waals surface area contributed by atoms with Gasteiger partial charge >= 0.3 is 0 Å². The van der Waals surface area contributed by atoms with E-state index >= 15 is 0 Å². The van der Waals surface area contributed by atoms with Crippen LogP contribution in [0.2, 0.25) is 0 Å². The van der Waals surface area contributed by atoms with Crippen LogP contribution < -0.4 is 4.90 Å². The maximum atomic E-state index is 6.23. The highest BCUT2D eigenvalue weighted by molar-refractivity contribution is 6.12. The summed E-state index contributed by atoms with van der Waals surface area (Å²) in [5, 5.41) is 2.30. The number of rotatable bonds is 3. The van der Waals surface area contributed by atoms with Crippen LogP contribution in [0.3, 0.4) is 0 Å². The monoisotopic (exact) mass is 569 g/mol. The molecule has 9 rings (SSSR count). The van der Waals surface area contributed by atoms with E-state index in [1.807, 2.05) is 30.3 Å². The summed E-state index contributed by atoms with van der Waals surface area (Å²) >= 11 is 0. The Labute approximate surface area is 256 Å². The first-order chi connectivity index (χ1) is 21.5. The van der Waals surface area contributed by atoms with Crippen molar-refractivity contribution >= 4 is 50.0 Å². The Morgan fingerprint density at radius 3 is 2.14 bits per heavy atom. The van der Waals surface area contributed by atoms with E-state index in [1.165, 1.54) is 44.7 Å². The van der Waals surface area contributed by atoms with Gasteiger partial charge in [-0.25, -0.2) is 4.98 Å². The second kappa shape index (κ2) is 9.19. The zero-order chi connectivity index (χ0) is 29.4. The molecule has 0 bridgehead atoms. The van der Waals surface area contributed by atoms with Gasteiger partial charge in [-0.3, -0.25) is 0 Å². The zero-order valence-corrected chi connectivity index (χ0v) is 24.5. The second-order valence-corrected chi connectivity index (χ2v) is 12.2. The maximum absolute atomic E-state index is 6.23. The Hall–Kier alpha value is -5.61. The molecule has 3 heterocycles. The third-order valence-electron chi connectivity index (χ3n) is 9.20. The number of hydrogen-bond acceptors (Lipinski definition) is 3. The van der Waals surface area contributed by atoms with Crippen molar-refractivity contribution in [2.24, 2.45) is 0 Å². The number of benzene rings is 6. The first-order valence-electron chi connectivity index (χ1n) is 15.1. The molecule has 0 spiro atoms. The fourth-order valence-corrected chi connectivity index (χ4v) is 6.94. The average molecular weight is 570 g/mol. The minimum Gasteiger partial charge on any atom is -0.436 e. The SMILES string of the molecule is CC1(C)c2ccccc2N(c2ccccc2)c2ccc(-c3ccc4[nH]c5cc6nc(-c7ccccc7)oc6cc5c4c3)cc21.[HH]. The van der Waals surface area contributed by atoms with Crippen LogP contribution in [0.5, 0.6) is 0 Å². The molecule has 2 aromatic heterocycles. The lowest BCUT2D eigenvalue weighted by Gasteiger charge is -2.42. The number of aromatic amines is 1. The van der Waals surface area contributed by atoms with Crippen LogP contribution in [0.25, 0.3) is 55.5 Å². The third-order valence-corrected chi connectivity index (χ3v) is 9.20. The molecule has 0 saturated heterocycles. The minimum absolute atomic E-state index is 0. The fraction of sp³-hybridized carbons (Fsp3) is 0.0750. The first kappa shape index (κ1) is 24.9. The third kappa shape index (κ3) is 3.67. The van der Waals surface area contributed by atoms with Crippen molar-refractivity contribution in [2.75, 3.05) is 4.90 Å². The van der Waals surface area contributed by atoms with Crippen molar-refractivity contribution in [1.82, 2.24) is 9.97 Å². The number of hydrogen-bond donors (Lipinski definition) is 1. The molecule has 0 fully saturated rings. The highest BCUT2D eigenvalue weighted by Crippen LogP contribution is 2.52. The van der Waals surface area contributed by atoms with Gasteiger partial charge in [-0.15, -0.1) is 0 Å². The molecular weight excluding hydrogens is 538 g/mol. The molecule has 0 radical (unpaired) electrons. The normalized spacial score (nSPS) is 13.8. The number of aromatic nitrogens is 2. The number of fused-ring (bicyclic) bond motifs is 6. The molecular formula is C40H31N3O. The molecule has 0 unspecified atom stereocenters. The fourth-order valence-electron chi connectivity index (χ4n) is 6.94. The Balaban J connectivity index is 0.00000300. The van der Waals surface area contributed by atoms with E-state index in [0.29, 0.717) is 5.89 Å². The quantitative estimate of drug-likeness (QED) is 0.230.